The monoisotopic (exact) mass is 341 g/mol. The third kappa shape index (κ3) is 4.31. The largest absolute Gasteiger partial charge is 0.354 e. The Kier molecular flexibility index (Phi) is 5.71. The highest BCUT2D eigenvalue weighted by Crippen LogP contribution is 2.20. The van der Waals surface area contributed by atoms with Crippen molar-refractivity contribution in [2.45, 2.75) is 18.9 Å². The van der Waals surface area contributed by atoms with Crippen LogP contribution in [0.5, 0.6) is 0 Å². The highest BCUT2D eigenvalue weighted by Gasteiger charge is 2.30. The number of hydrogen-bond acceptors (Lipinski definition) is 3. The van der Waals surface area contributed by atoms with Crippen LogP contribution in [0.4, 0.5) is 0 Å². The predicted molar refractivity (Wildman–Crippen MR) is 82.0 cm³/mol. The van der Waals surface area contributed by atoms with Gasteiger partial charge in [0.25, 0.3) is 0 Å². The predicted octanol–water partition coefficient (Wildman–Crippen LogP) is 1.22. The van der Waals surface area contributed by atoms with Crippen molar-refractivity contribution in [3.63, 3.8) is 0 Å². The van der Waals surface area contributed by atoms with Gasteiger partial charge in [0.15, 0.2) is 0 Å². The van der Waals surface area contributed by atoms with Gasteiger partial charge in [0.05, 0.1) is 0 Å². The molecule has 5 nitrogen and oxygen atoms in total. The second kappa shape index (κ2) is 6.85. The summed E-state index contributed by atoms with van der Waals surface area (Å²) in [6.07, 6.45) is 0.259. The Labute approximate surface area is 127 Å². The van der Waals surface area contributed by atoms with Crippen LogP contribution >= 0.6 is 15.9 Å². The van der Waals surface area contributed by atoms with E-state index in [0.29, 0.717) is 0 Å². The molecule has 1 unspecified atom stereocenters. The zero-order chi connectivity index (χ0) is 15.3. The molecule has 0 aliphatic rings. The van der Waals surface area contributed by atoms with E-state index < -0.39 is 5.54 Å². The van der Waals surface area contributed by atoms with Crippen LogP contribution in [0.15, 0.2) is 28.7 Å². The molecule has 0 aliphatic heterocycles. The maximum atomic E-state index is 12.1. The molecular weight excluding hydrogens is 322 g/mol. The topological polar surface area (TPSA) is 75.4 Å². The van der Waals surface area contributed by atoms with Crippen LogP contribution in [-0.2, 0) is 15.1 Å². The van der Waals surface area contributed by atoms with Crippen LogP contribution in [0.2, 0.25) is 0 Å². The average Bonchev–Trinajstić information content (AvgIpc) is 2.38. The van der Waals surface area contributed by atoms with Gasteiger partial charge < -0.3 is 16.0 Å². The van der Waals surface area contributed by atoms with E-state index in [1.807, 2.05) is 12.1 Å². The first-order valence-corrected chi connectivity index (χ1v) is 7.08. The summed E-state index contributed by atoms with van der Waals surface area (Å²) in [5, 5.41) is 2.70. The number of nitrogens with one attached hydrogen (secondary N) is 1. The molecule has 1 aromatic rings. The normalized spacial score (nSPS) is 13.4. The zero-order valence-corrected chi connectivity index (χ0v) is 13.5. The van der Waals surface area contributed by atoms with E-state index in [-0.39, 0.29) is 24.8 Å². The Morgan fingerprint density at radius 1 is 1.30 bits per heavy atom. The van der Waals surface area contributed by atoms with Crippen LogP contribution in [0.25, 0.3) is 0 Å². The van der Waals surface area contributed by atoms with Gasteiger partial charge in [0, 0.05) is 31.5 Å². The zero-order valence-electron chi connectivity index (χ0n) is 11.9. The fraction of sp³-hybridized carbons (Fsp3) is 0.429. The first-order chi connectivity index (χ1) is 9.25. The van der Waals surface area contributed by atoms with Gasteiger partial charge in [-0.05, 0) is 24.6 Å². The maximum Gasteiger partial charge on any atom is 0.244 e. The first kappa shape index (κ1) is 16.7. The lowest BCUT2D eigenvalue weighted by atomic mass is 9.92. The molecular formula is C14H20BrN3O2. The number of amides is 2. The summed E-state index contributed by atoms with van der Waals surface area (Å²) < 4.78 is 0.925. The van der Waals surface area contributed by atoms with Crippen LogP contribution in [0.1, 0.15) is 18.9 Å². The van der Waals surface area contributed by atoms with E-state index in [2.05, 4.69) is 21.2 Å². The van der Waals surface area contributed by atoms with E-state index in [1.165, 1.54) is 4.90 Å². The van der Waals surface area contributed by atoms with E-state index in [0.717, 1.165) is 10.0 Å². The van der Waals surface area contributed by atoms with Crippen molar-refractivity contribution in [3.8, 4) is 0 Å². The third-order valence-electron chi connectivity index (χ3n) is 3.04. The highest BCUT2D eigenvalue weighted by atomic mass is 79.9. The Bertz CT molecular complexity index is 484. The van der Waals surface area contributed by atoms with Gasteiger partial charge in [0.2, 0.25) is 11.8 Å². The second-order valence-electron chi connectivity index (χ2n) is 5.00. The molecule has 3 N–H and O–H groups in total. The maximum absolute atomic E-state index is 12.1. The van der Waals surface area contributed by atoms with Crippen LogP contribution < -0.4 is 11.1 Å². The number of carbonyl (C=O) groups excluding carboxylic acids is 2. The van der Waals surface area contributed by atoms with Gasteiger partial charge >= 0.3 is 0 Å². The SMILES string of the molecule is CN(C)C(=O)CCNC(=O)C(C)(N)c1ccc(Br)cc1. The summed E-state index contributed by atoms with van der Waals surface area (Å²) in [6, 6.07) is 7.27. The van der Waals surface area contributed by atoms with Crippen molar-refractivity contribution in [2.24, 2.45) is 5.73 Å². The molecule has 20 heavy (non-hydrogen) atoms. The minimum atomic E-state index is -1.12. The second-order valence-corrected chi connectivity index (χ2v) is 5.92. The molecule has 0 aromatic heterocycles. The molecule has 6 heteroatoms. The number of nitrogens with two attached hydrogens (primary N) is 1. The smallest absolute Gasteiger partial charge is 0.244 e. The van der Waals surface area contributed by atoms with Gasteiger partial charge in [-0.1, -0.05) is 28.1 Å². The van der Waals surface area contributed by atoms with Gasteiger partial charge in [-0.15, -0.1) is 0 Å². The Hall–Kier alpha value is -1.40. The number of nitrogens with zero attached hydrogens (tertiary/aromatic N) is 1. The van der Waals surface area contributed by atoms with E-state index in [9.17, 15) is 9.59 Å². The fourth-order valence-corrected chi connectivity index (χ4v) is 1.88. The molecule has 110 valence electrons. The van der Waals surface area contributed by atoms with Crippen molar-refractivity contribution >= 4 is 27.7 Å². The molecule has 0 aliphatic carbocycles. The Balaban J connectivity index is 2.61. The fourth-order valence-electron chi connectivity index (χ4n) is 1.62. The Morgan fingerprint density at radius 2 is 1.85 bits per heavy atom. The van der Waals surface area contributed by atoms with Crippen molar-refractivity contribution in [1.82, 2.24) is 10.2 Å². The quantitative estimate of drug-likeness (QED) is 0.845. The van der Waals surface area contributed by atoms with Crippen LogP contribution in [-0.4, -0.2) is 37.4 Å². The van der Waals surface area contributed by atoms with Gasteiger partial charge in [-0.2, -0.15) is 0 Å². The molecule has 0 saturated heterocycles. The molecule has 1 atom stereocenters. The minimum absolute atomic E-state index is 0.0346. The molecule has 0 bridgehead atoms. The molecule has 1 rings (SSSR count). The number of benzene rings is 1. The summed E-state index contributed by atoms with van der Waals surface area (Å²) in [7, 11) is 3.36. The highest BCUT2D eigenvalue weighted by molar-refractivity contribution is 9.10. The lowest BCUT2D eigenvalue weighted by Gasteiger charge is -2.24. The number of hydrogen-bond donors (Lipinski definition) is 2. The van der Waals surface area contributed by atoms with Gasteiger partial charge in [0.1, 0.15) is 5.54 Å². The minimum Gasteiger partial charge on any atom is -0.354 e. The van der Waals surface area contributed by atoms with Crippen molar-refractivity contribution < 1.29 is 9.59 Å². The molecule has 2 amide bonds. The summed E-state index contributed by atoms with van der Waals surface area (Å²) in [4.78, 5) is 25.0. The van der Waals surface area contributed by atoms with Crippen molar-refractivity contribution in [1.29, 1.82) is 0 Å². The lowest BCUT2D eigenvalue weighted by molar-refractivity contribution is -0.129. The average molecular weight is 342 g/mol. The Morgan fingerprint density at radius 3 is 2.35 bits per heavy atom. The number of halogens is 1. The molecule has 0 radical (unpaired) electrons. The van der Waals surface area contributed by atoms with Crippen LogP contribution in [0.3, 0.4) is 0 Å². The molecule has 0 saturated carbocycles. The van der Waals surface area contributed by atoms with E-state index >= 15 is 0 Å². The molecule has 1 aromatic carbocycles. The number of rotatable bonds is 5. The van der Waals surface area contributed by atoms with E-state index in [4.69, 9.17) is 5.73 Å². The molecule has 0 fully saturated rings. The van der Waals surface area contributed by atoms with E-state index in [1.54, 1.807) is 33.2 Å². The molecule has 0 spiro atoms. The van der Waals surface area contributed by atoms with Crippen molar-refractivity contribution in [2.75, 3.05) is 20.6 Å². The third-order valence-corrected chi connectivity index (χ3v) is 3.57. The number of carbonyl (C=O) groups is 2. The summed E-state index contributed by atoms with van der Waals surface area (Å²) in [5.74, 6) is -0.334. The standard InChI is InChI=1S/C14H20BrN3O2/c1-14(16,10-4-6-11(15)7-5-10)13(20)17-9-8-12(19)18(2)3/h4-7H,8-9,16H2,1-3H3,(H,17,20). The van der Waals surface area contributed by atoms with Gasteiger partial charge in [-0.25, -0.2) is 0 Å². The molecule has 0 heterocycles. The van der Waals surface area contributed by atoms with Gasteiger partial charge in [-0.3, -0.25) is 9.59 Å². The first-order valence-electron chi connectivity index (χ1n) is 6.28. The van der Waals surface area contributed by atoms with Crippen molar-refractivity contribution in [3.05, 3.63) is 34.3 Å². The van der Waals surface area contributed by atoms with Crippen LogP contribution in [0, 0.1) is 0 Å². The summed E-state index contributed by atoms with van der Waals surface area (Å²) in [6.45, 7) is 1.93. The lowest BCUT2D eigenvalue weighted by Crippen LogP contribution is -2.49. The summed E-state index contributed by atoms with van der Waals surface area (Å²) >= 11 is 3.34. The summed E-state index contributed by atoms with van der Waals surface area (Å²) in [5.41, 5.74) is 5.68.